The van der Waals surface area contributed by atoms with Crippen LogP contribution in [0.2, 0.25) is 0 Å². The molecule has 23 heavy (non-hydrogen) atoms. The van der Waals surface area contributed by atoms with Gasteiger partial charge in [0.1, 0.15) is 6.33 Å². The highest BCUT2D eigenvalue weighted by atomic mass is 16.2. The standard InChI is InChI=1S/C17H17N5O/c1-11-5-6-14(12(2)8-11)15(13-4-3-7-18-9-13)21-17(23)16-19-10-20-22-16/h3-10,15H,1-2H3,(H,21,23)(H,19,20,22). The van der Waals surface area contributed by atoms with Crippen molar-refractivity contribution in [3.8, 4) is 0 Å². The number of aromatic amines is 1. The molecule has 0 bridgehead atoms. The van der Waals surface area contributed by atoms with E-state index in [0.717, 1.165) is 16.7 Å². The molecule has 2 N–H and O–H groups in total. The van der Waals surface area contributed by atoms with Gasteiger partial charge in [-0.15, -0.1) is 0 Å². The first kappa shape index (κ1) is 14.9. The molecule has 0 saturated heterocycles. The molecular weight excluding hydrogens is 290 g/mol. The number of nitrogens with zero attached hydrogens (tertiary/aromatic N) is 3. The SMILES string of the molecule is Cc1ccc(C(NC(=O)c2ncn[nH]2)c2cccnc2)c(C)c1. The highest BCUT2D eigenvalue weighted by molar-refractivity contribution is 5.90. The van der Waals surface area contributed by atoms with Crippen molar-refractivity contribution in [2.75, 3.05) is 0 Å². The van der Waals surface area contributed by atoms with E-state index in [1.807, 2.05) is 38.1 Å². The van der Waals surface area contributed by atoms with E-state index in [0.29, 0.717) is 0 Å². The second-order valence-corrected chi connectivity index (χ2v) is 5.39. The first-order valence-electron chi connectivity index (χ1n) is 7.28. The average Bonchev–Trinajstić information content (AvgIpc) is 3.08. The van der Waals surface area contributed by atoms with Gasteiger partial charge in [-0.05, 0) is 36.6 Å². The number of pyridine rings is 1. The molecule has 1 aromatic carbocycles. The predicted molar refractivity (Wildman–Crippen MR) is 85.8 cm³/mol. The maximum absolute atomic E-state index is 12.4. The minimum absolute atomic E-state index is 0.184. The summed E-state index contributed by atoms with van der Waals surface area (Å²) < 4.78 is 0. The summed E-state index contributed by atoms with van der Waals surface area (Å²) in [6.07, 6.45) is 4.77. The van der Waals surface area contributed by atoms with Crippen LogP contribution in [0.25, 0.3) is 0 Å². The van der Waals surface area contributed by atoms with E-state index in [1.54, 1.807) is 12.4 Å². The molecule has 2 aromatic heterocycles. The molecule has 0 spiro atoms. The fourth-order valence-corrected chi connectivity index (χ4v) is 2.55. The summed E-state index contributed by atoms with van der Waals surface area (Å²) in [6, 6.07) is 9.65. The fourth-order valence-electron chi connectivity index (χ4n) is 2.55. The maximum Gasteiger partial charge on any atom is 0.289 e. The third-order valence-corrected chi connectivity index (χ3v) is 3.66. The van der Waals surface area contributed by atoms with E-state index >= 15 is 0 Å². The Kier molecular flexibility index (Phi) is 4.14. The Morgan fingerprint density at radius 2 is 2.13 bits per heavy atom. The summed E-state index contributed by atoms with van der Waals surface area (Å²) in [5.74, 6) is -0.125. The average molecular weight is 307 g/mol. The lowest BCUT2D eigenvalue weighted by Gasteiger charge is -2.21. The first-order chi connectivity index (χ1) is 11.1. The Bertz CT molecular complexity index is 799. The van der Waals surface area contributed by atoms with Gasteiger partial charge in [-0.2, -0.15) is 5.10 Å². The molecule has 0 aliphatic carbocycles. The van der Waals surface area contributed by atoms with Crippen LogP contribution in [0.5, 0.6) is 0 Å². The van der Waals surface area contributed by atoms with Crippen LogP contribution in [0.3, 0.4) is 0 Å². The van der Waals surface area contributed by atoms with Crippen LogP contribution < -0.4 is 5.32 Å². The minimum Gasteiger partial charge on any atom is -0.338 e. The van der Waals surface area contributed by atoms with Gasteiger partial charge in [0.05, 0.1) is 6.04 Å². The van der Waals surface area contributed by atoms with E-state index in [9.17, 15) is 4.79 Å². The molecule has 0 fully saturated rings. The largest absolute Gasteiger partial charge is 0.338 e. The normalized spacial score (nSPS) is 11.9. The van der Waals surface area contributed by atoms with Crippen LogP contribution in [-0.4, -0.2) is 26.1 Å². The van der Waals surface area contributed by atoms with Gasteiger partial charge in [0.15, 0.2) is 0 Å². The number of carbonyl (C=O) groups is 1. The predicted octanol–water partition coefficient (Wildman–Crippen LogP) is 2.34. The number of H-pyrrole nitrogens is 1. The Morgan fingerprint density at radius 1 is 1.26 bits per heavy atom. The molecule has 3 aromatic rings. The molecular formula is C17H17N5O. The van der Waals surface area contributed by atoms with Gasteiger partial charge in [0.25, 0.3) is 5.91 Å². The van der Waals surface area contributed by atoms with Gasteiger partial charge in [0, 0.05) is 12.4 Å². The van der Waals surface area contributed by atoms with E-state index < -0.39 is 0 Å². The van der Waals surface area contributed by atoms with Crippen LogP contribution in [0.4, 0.5) is 0 Å². The highest BCUT2D eigenvalue weighted by Gasteiger charge is 2.21. The molecule has 0 aliphatic rings. The molecule has 0 radical (unpaired) electrons. The number of rotatable bonds is 4. The Hall–Kier alpha value is -3.02. The third kappa shape index (κ3) is 3.26. The number of carbonyl (C=O) groups excluding carboxylic acids is 1. The van der Waals surface area contributed by atoms with Gasteiger partial charge in [-0.3, -0.25) is 14.9 Å². The van der Waals surface area contributed by atoms with Crippen molar-refractivity contribution in [1.29, 1.82) is 0 Å². The summed E-state index contributed by atoms with van der Waals surface area (Å²) in [7, 11) is 0. The number of aromatic nitrogens is 4. The van der Waals surface area contributed by atoms with Crippen molar-refractivity contribution >= 4 is 5.91 Å². The molecule has 2 heterocycles. The minimum atomic E-state index is -0.309. The van der Waals surface area contributed by atoms with Crippen LogP contribution in [0.1, 0.15) is 38.9 Å². The molecule has 1 unspecified atom stereocenters. The second kappa shape index (κ2) is 6.39. The van der Waals surface area contributed by atoms with Crippen LogP contribution in [0, 0.1) is 13.8 Å². The van der Waals surface area contributed by atoms with Crippen molar-refractivity contribution < 1.29 is 4.79 Å². The Morgan fingerprint density at radius 3 is 2.78 bits per heavy atom. The zero-order valence-electron chi connectivity index (χ0n) is 12.9. The van der Waals surface area contributed by atoms with Crippen molar-refractivity contribution in [2.45, 2.75) is 19.9 Å². The van der Waals surface area contributed by atoms with Crippen molar-refractivity contribution in [1.82, 2.24) is 25.5 Å². The van der Waals surface area contributed by atoms with E-state index in [4.69, 9.17) is 0 Å². The summed E-state index contributed by atoms with van der Waals surface area (Å²) in [4.78, 5) is 20.4. The molecule has 1 atom stereocenters. The second-order valence-electron chi connectivity index (χ2n) is 5.39. The molecule has 116 valence electrons. The van der Waals surface area contributed by atoms with Gasteiger partial charge in [-0.1, -0.05) is 29.8 Å². The fraction of sp³-hybridized carbons (Fsp3) is 0.176. The van der Waals surface area contributed by atoms with Gasteiger partial charge >= 0.3 is 0 Å². The van der Waals surface area contributed by atoms with E-state index in [2.05, 4.69) is 31.5 Å². The first-order valence-corrected chi connectivity index (χ1v) is 7.28. The number of aryl methyl sites for hydroxylation is 2. The smallest absolute Gasteiger partial charge is 0.289 e. The summed E-state index contributed by atoms with van der Waals surface area (Å²) >= 11 is 0. The lowest BCUT2D eigenvalue weighted by atomic mass is 9.94. The Labute approximate surface area is 134 Å². The van der Waals surface area contributed by atoms with Crippen molar-refractivity contribution in [2.24, 2.45) is 0 Å². The molecule has 0 saturated carbocycles. The zero-order chi connectivity index (χ0) is 16.2. The third-order valence-electron chi connectivity index (χ3n) is 3.66. The summed E-state index contributed by atoms with van der Waals surface area (Å²) in [5, 5.41) is 9.30. The topological polar surface area (TPSA) is 83.6 Å². The van der Waals surface area contributed by atoms with Gasteiger partial charge in [0.2, 0.25) is 5.82 Å². The zero-order valence-corrected chi connectivity index (χ0v) is 12.9. The van der Waals surface area contributed by atoms with Crippen LogP contribution in [-0.2, 0) is 0 Å². The molecule has 0 aliphatic heterocycles. The Balaban J connectivity index is 1.99. The van der Waals surface area contributed by atoms with E-state index in [1.165, 1.54) is 11.9 Å². The highest BCUT2D eigenvalue weighted by Crippen LogP contribution is 2.25. The number of nitrogens with one attached hydrogen (secondary N) is 2. The number of hydrogen-bond acceptors (Lipinski definition) is 4. The number of hydrogen-bond donors (Lipinski definition) is 2. The maximum atomic E-state index is 12.4. The lowest BCUT2D eigenvalue weighted by Crippen LogP contribution is -2.30. The van der Waals surface area contributed by atoms with Crippen molar-refractivity contribution in [3.05, 3.63) is 77.1 Å². The number of benzene rings is 1. The summed E-state index contributed by atoms with van der Waals surface area (Å²) in [5.41, 5.74) is 4.22. The monoisotopic (exact) mass is 307 g/mol. The van der Waals surface area contributed by atoms with Crippen LogP contribution >= 0.6 is 0 Å². The summed E-state index contributed by atoms with van der Waals surface area (Å²) in [6.45, 7) is 4.08. The van der Waals surface area contributed by atoms with E-state index in [-0.39, 0.29) is 17.8 Å². The molecule has 1 amide bonds. The number of amides is 1. The lowest BCUT2D eigenvalue weighted by molar-refractivity contribution is 0.0933. The van der Waals surface area contributed by atoms with Gasteiger partial charge < -0.3 is 5.32 Å². The quantitative estimate of drug-likeness (QED) is 0.775. The molecule has 6 nitrogen and oxygen atoms in total. The van der Waals surface area contributed by atoms with Gasteiger partial charge in [-0.25, -0.2) is 4.98 Å². The van der Waals surface area contributed by atoms with Crippen molar-refractivity contribution in [3.63, 3.8) is 0 Å². The molecule has 6 heteroatoms. The molecule has 3 rings (SSSR count). The van der Waals surface area contributed by atoms with Crippen LogP contribution in [0.15, 0.2) is 49.1 Å².